The molecule has 1 aromatic carbocycles. The Kier molecular flexibility index (Phi) is 3.05. The molecule has 0 bridgehead atoms. The van der Waals surface area contributed by atoms with Gasteiger partial charge in [0.25, 0.3) is 5.91 Å². The molecule has 0 saturated carbocycles. The van der Waals surface area contributed by atoms with Gasteiger partial charge in [0.2, 0.25) is 0 Å². The summed E-state index contributed by atoms with van der Waals surface area (Å²) in [5.41, 5.74) is 1.85. The first-order chi connectivity index (χ1) is 9.24. The Morgan fingerprint density at radius 2 is 2.26 bits per heavy atom. The molecular weight excluding hydrogens is 258 g/mol. The number of nitrogens with zero attached hydrogens (tertiary/aromatic N) is 1. The summed E-state index contributed by atoms with van der Waals surface area (Å²) in [6, 6.07) is 9.92. The van der Waals surface area contributed by atoms with Gasteiger partial charge in [0.15, 0.2) is 0 Å². The molecule has 0 aliphatic rings. The smallest absolute Gasteiger partial charge is 0.261 e. The van der Waals surface area contributed by atoms with Crippen molar-refractivity contribution >= 4 is 27.3 Å². The standard InChI is InChI=1S/C14H13N3OS/c1-9-11(17-8-16-9)7-15-14(18)13-6-10-4-2-3-5-12(10)19-13/h2-6,8H,7H2,1H3,(H,15,18)(H,16,17). The fourth-order valence-electron chi connectivity index (χ4n) is 1.91. The Labute approximate surface area is 114 Å². The SMILES string of the molecule is Cc1[nH]cnc1CNC(=O)c1cc2ccccc2s1. The van der Waals surface area contributed by atoms with Gasteiger partial charge in [-0.15, -0.1) is 11.3 Å². The van der Waals surface area contributed by atoms with Gasteiger partial charge in [-0.2, -0.15) is 0 Å². The minimum atomic E-state index is -0.0522. The summed E-state index contributed by atoms with van der Waals surface area (Å²) in [6.45, 7) is 2.39. The van der Waals surface area contributed by atoms with E-state index in [1.165, 1.54) is 11.3 Å². The van der Waals surface area contributed by atoms with Crippen LogP contribution in [-0.4, -0.2) is 15.9 Å². The number of hydrogen-bond donors (Lipinski definition) is 2. The highest BCUT2D eigenvalue weighted by molar-refractivity contribution is 7.20. The Balaban J connectivity index is 1.75. The highest BCUT2D eigenvalue weighted by atomic mass is 32.1. The molecule has 96 valence electrons. The zero-order valence-corrected chi connectivity index (χ0v) is 11.3. The van der Waals surface area contributed by atoms with Gasteiger partial charge in [-0.1, -0.05) is 18.2 Å². The molecule has 0 fully saturated rings. The Morgan fingerprint density at radius 1 is 1.42 bits per heavy atom. The van der Waals surface area contributed by atoms with Crippen LogP contribution in [0.5, 0.6) is 0 Å². The van der Waals surface area contributed by atoms with E-state index in [4.69, 9.17) is 0 Å². The van der Waals surface area contributed by atoms with E-state index in [1.807, 2.05) is 37.3 Å². The van der Waals surface area contributed by atoms with Crippen molar-refractivity contribution in [2.45, 2.75) is 13.5 Å². The molecule has 2 N–H and O–H groups in total. The topological polar surface area (TPSA) is 57.8 Å². The van der Waals surface area contributed by atoms with Crippen LogP contribution in [0.1, 0.15) is 21.1 Å². The highest BCUT2D eigenvalue weighted by Gasteiger charge is 2.10. The van der Waals surface area contributed by atoms with Gasteiger partial charge in [-0.3, -0.25) is 4.79 Å². The fraction of sp³-hybridized carbons (Fsp3) is 0.143. The van der Waals surface area contributed by atoms with Crippen molar-refractivity contribution in [3.8, 4) is 0 Å². The Hall–Kier alpha value is -2.14. The van der Waals surface area contributed by atoms with Crippen LogP contribution in [0.25, 0.3) is 10.1 Å². The van der Waals surface area contributed by atoms with Crippen LogP contribution in [0.15, 0.2) is 36.7 Å². The van der Waals surface area contributed by atoms with Crippen molar-refractivity contribution in [2.75, 3.05) is 0 Å². The number of aromatic nitrogens is 2. The Bertz CT molecular complexity index is 696. The van der Waals surface area contributed by atoms with E-state index in [2.05, 4.69) is 15.3 Å². The quantitative estimate of drug-likeness (QED) is 0.769. The maximum absolute atomic E-state index is 12.1. The predicted octanol–water partition coefficient (Wildman–Crippen LogP) is 2.86. The number of carbonyl (C=O) groups is 1. The molecule has 19 heavy (non-hydrogen) atoms. The van der Waals surface area contributed by atoms with Crippen molar-refractivity contribution in [2.24, 2.45) is 0 Å². The monoisotopic (exact) mass is 271 g/mol. The molecule has 5 heteroatoms. The number of nitrogens with one attached hydrogen (secondary N) is 2. The van der Waals surface area contributed by atoms with Crippen LogP contribution < -0.4 is 5.32 Å². The number of carbonyl (C=O) groups excluding carboxylic acids is 1. The summed E-state index contributed by atoms with van der Waals surface area (Å²) in [7, 11) is 0. The van der Waals surface area contributed by atoms with Gasteiger partial charge in [-0.25, -0.2) is 4.98 Å². The number of fused-ring (bicyclic) bond motifs is 1. The van der Waals surface area contributed by atoms with Crippen molar-refractivity contribution < 1.29 is 4.79 Å². The van der Waals surface area contributed by atoms with E-state index in [-0.39, 0.29) is 5.91 Å². The van der Waals surface area contributed by atoms with E-state index in [9.17, 15) is 4.79 Å². The lowest BCUT2D eigenvalue weighted by atomic mass is 10.2. The van der Waals surface area contributed by atoms with Gasteiger partial charge < -0.3 is 10.3 Å². The van der Waals surface area contributed by atoms with Crippen LogP contribution in [0, 0.1) is 6.92 Å². The van der Waals surface area contributed by atoms with Gasteiger partial charge in [0, 0.05) is 10.4 Å². The molecule has 0 aliphatic carbocycles. The molecule has 3 aromatic rings. The minimum Gasteiger partial charge on any atom is -0.348 e. The van der Waals surface area contributed by atoms with Crippen molar-refractivity contribution in [1.29, 1.82) is 0 Å². The number of thiophene rings is 1. The molecule has 3 rings (SSSR count). The van der Waals surface area contributed by atoms with Gasteiger partial charge in [0.1, 0.15) is 0 Å². The first-order valence-corrected chi connectivity index (χ1v) is 6.81. The molecule has 0 spiro atoms. The summed E-state index contributed by atoms with van der Waals surface area (Å²) in [6.07, 6.45) is 1.64. The number of aryl methyl sites for hydroxylation is 1. The molecule has 0 unspecified atom stereocenters. The second-order valence-corrected chi connectivity index (χ2v) is 5.39. The van der Waals surface area contributed by atoms with Gasteiger partial charge in [-0.05, 0) is 24.4 Å². The molecule has 0 atom stereocenters. The predicted molar refractivity (Wildman–Crippen MR) is 76.3 cm³/mol. The average molecular weight is 271 g/mol. The maximum Gasteiger partial charge on any atom is 0.261 e. The van der Waals surface area contributed by atoms with Crippen LogP contribution in [0.3, 0.4) is 0 Å². The zero-order valence-electron chi connectivity index (χ0n) is 10.4. The largest absolute Gasteiger partial charge is 0.348 e. The summed E-state index contributed by atoms with van der Waals surface area (Å²) in [5.74, 6) is -0.0522. The number of amides is 1. The first kappa shape index (κ1) is 11.9. The third-order valence-electron chi connectivity index (χ3n) is 3.00. The number of H-pyrrole nitrogens is 1. The van der Waals surface area contributed by atoms with Gasteiger partial charge >= 0.3 is 0 Å². The molecule has 1 amide bonds. The second kappa shape index (κ2) is 4.85. The van der Waals surface area contributed by atoms with Crippen LogP contribution in [-0.2, 0) is 6.54 Å². The van der Waals surface area contributed by atoms with E-state index < -0.39 is 0 Å². The lowest BCUT2D eigenvalue weighted by molar-refractivity contribution is 0.0954. The summed E-state index contributed by atoms with van der Waals surface area (Å²) >= 11 is 1.51. The lowest BCUT2D eigenvalue weighted by Crippen LogP contribution is -2.22. The molecule has 0 saturated heterocycles. The normalized spacial score (nSPS) is 10.8. The van der Waals surface area contributed by atoms with Gasteiger partial charge in [0.05, 0.1) is 23.4 Å². The summed E-state index contributed by atoms with van der Waals surface area (Å²) in [4.78, 5) is 20.0. The number of aromatic amines is 1. The Morgan fingerprint density at radius 3 is 3.00 bits per heavy atom. The second-order valence-electron chi connectivity index (χ2n) is 4.31. The highest BCUT2D eigenvalue weighted by Crippen LogP contribution is 2.25. The number of rotatable bonds is 3. The zero-order chi connectivity index (χ0) is 13.2. The van der Waals surface area contributed by atoms with E-state index in [1.54, 1.807) is 6.33 Å². The van der Waals surface area contributed by atoms with Crippen molar-refractivity contribution in [3.05, 3.63) is 52.9 Å². The lowest BCUT2D eigenvalue weighted by Gasteiger charge is -2.01. The van der Waals surface area contributed by atoms with Crippen molar-refractivity contribution in [3.63, 3.8) is 0 Å². The number of hydrogen-bond acceptors (Lipinski definition) is 3. The molecule has 0 radical (unpaired) electrons. The molecule has 2 aromatic heterocycles. The fourth-order valence-corrected chi connectivity index (χ4v) is 2.89. The summed E-state index contributed by atoms with van der Waals surface area (Å²) < 4.78 is 1.13. The maximum atomic E-state index is 12.1. The van der Waals surface area contributed by atoms with Crippen LogP contribution in [0.2, 0.25) is 0 Å². The van der Waals surface area contributed by atoms with Crippen molar-refractivity contribution in [1.82, 2.24) is 15.3 Å². The molecule has 2 heterocycles. The van der Waals surface area contributed by atoms with E-state index in [0.717, 1.165) is 26.4 Å². The number of benzene rings is 1. The third-order valence-corrected chi connectivity index (χ3v) is 4.11. The van der Waals surface area contributed by atoms with Crippen LogP contribution >= 0.6 is 11.3 Å². The molecular formula is C14H13N3OS. The summed E-state index contributed by atoms with van der Waals surface area (Å²) in [5, 5.41) is 4.00. The van der Waals surface area contributed by atoms with Crippen LogP contribution in [0.4, 0.5) is 0 Å². The minimum absolute atomic E-state index is 0.0522. The molecule has 4 nitrogen and oxygen atoms in total. The molecule has 0 aliphatic heterocycles. The van der Waals surface area contributed by atoms with E-state index >= 15 is 0 Å². The third kappa shape index (κ3) is 2.37. The van der Waals surface area contributed by atoms with E-state index in [0.29, 0.717) is 6.54 Å². The first-order valence-electron chi connectivity index (χ1n) is 5.99. The average Bonchev–Trinajstić information content (AvgIpc) is 3.01. The number of imidazole rings is 1.